The molecule has 11 heavy (non-hydrogen) atoms. The van der Waals surface area contributed by atoms with E-state index in [1.165, 1.54) is 4.90 Å². The van der Waals surface area contributed by atoms with E-state index in [1.54, 1.807) is 18.5 Å². The van der Waals surface area contributed by atoms with E-state index in [0.717, 1.165) is 0 Å². The van der Waals surface area contributed by atoms with Crippen molar-refractivity contribution in [3.63, 3.8) is 0 Å². The molecule has 4 heteroatoms. The van der Waals surface area contributed by atoms with E-state index in [2.05, 4.69) is 10.3 Å². The first kappa shape index (κ1) is 6.15. The third-order valence-corrected chi connectivity index (χ3v) is 1.52. The lowest BCUT2D eigenvalue weighted by atomic mass is 10.3. The van der Waals surface area contributed by atoms with Crippen LogP contribution < -0.4 is 5.32 Å². The Balaban J connectivity index is 2.36. The molecule has 2 amide bonds. The van der Waals surface area contributed by atoms with Crippen molar-refractivity contribution in [1.29, 1.82) is 0 Å². The quantitative estimate of drug-likeness (QED) is 0.534. The highest BCUT2D eigenvalue weighted by Gasteiger charge is 2.18. The molecule has 2 heterocycles. The number of urea groups is 1. The van der Waals surface area contributed by atoms with Gasteiger partial charge in [0.05, 0.1) is 6.54 Å². The lowest BCUT2D eigenvalue weighted by Gasteiger charge is -2.23. The number of amidine groups is 1. The molecule has 2 rings (SSSR count). The van der Waals surface area contributed by atoms with Gasteiger partial charge < -0.3 is 5.32 Å². The minimum atomic E-state index is -0.151. The summed E-state index contributed by atoms with van der Waals surface area (Å²) in [5.41, 5.74) is 0. The van der Waals surface area contributed by atoms with Crippen LogP contribution in [0.4, 0.5) is 4.79 Å². The summed E-state index contributed by atoms with van der Waals surface area (Å²) >= 11 is 0. The summed E-state index contributed by atoms with van der Waals surface area (Å²) in [6.07, 6.45) is 6.92. The number of nitrogens with zero attached hydrogens (tertiary/aromatic N) is 2. The van der Waals surface area contributed by atoms with Crippen LogP contribution in [0.5, 0.6) is 0 Å². The number of aliphatic imine (C=N–C) groups is 1. The molecule has 0 radical (unpaired) electrons. The normalized spacial score (nSPS) is 20.9. The fourth-order valence-electron chi connectivity index (χ4n) is 1.01. The number of carbonyl (C=O) groups is 1. The monoisotopic (exact) mass is 149 g/mol. The molecule has 0 bridgehead atoms. The summed E-state index contributed by atoms with van der Waals surface area (Å²) in [7, 11) is 0. The molecular formula is C7H7N3O. The molecule has 0 spiro atoms. The molecule has 0 fully saturated rings. The lowest BCUT2D eigenvalue weighted by molar-refractivity contribution is 0.232. The molecule has 2 aliphatic heterocycles. The van der Waals surface area contributed by atoms with Gasteiger partial charge in [0.15, 0.2) is 0 Å². The SMILES string of the molecule is O=C1NC=CC2=NCC=CN12. The maximum absolute atomic E-state index is 11.1. The first-order valence-corrected chi connectivity index (χ1v) is 3.35. The fourth-order valence-corrected chi connectivity index (χ4v) is 1.01. The zero-order chi connectivity index (χ0) is 7.68. The van der Waals surface area contributed by atoms with E-state index in [1.807, 2.05) is 6.08 Å². The van der Waals surface area contributed by atoms with Crippen molar-refractivity contribution in [2.45, 2.75) is 0 Å². The van der Waals surface area contributed by atoms with E-state index in [0.29, 0.717) is 12.4 Å². The van der Waals surface area contributed by atoms with Gasteiger partial charge in [0.2, 0.25) is 0 Å². The molecule has 0 saturated heterocycles. The number of amides is 2. The highest BCUT2D eigenvalue weighted by Crippen LogP contribution is 2.05. The number of hydrogen-bond donors (Lipinski definition) is 1. The van der Waals surface area contributed by atoms with Gasteiger partial charge in [-0.2, -0.15) is 0 Å². The number of carbonyl (C=O) groups excluding carboxylic acids is 1. The molecule has 0 aromatic heterocycles. The van der Waals surface area contributed by atoms with Crippen molar-refractivity contribution in [2.75, 3.05) is 6.54 Å². The molecule has 0 atom stereocenters. The Morgan fingerprint density at radius 2 is 2.55 bits per heavy atom. The van der Waals surface area contributed by atoms with E-state index < -0.39 is 0 Å². The molecule has 0 unspecified atom stereocenters. The van der Waals surface area contributed by atoms with Gasteiger partial charge in [-0.1, -0.05) is 0 Å². The van der Waals surface area contributed by atoms with E-state index >= 15 is 0 Å². The van der Waals surface area contributed by atoms with E-state index in [4.69, 9.17) is 0 Å². The summed E-state index contributed by atoms with van der Waals surface area (Å²) in [5.74, 6) is 0.705. The average molecular weight is 149 g/mol. The van der Waals surface area contributed by atoms with Gasteiger partial charge >= 0.3 is 6.03 Å². The highest BCUT2D eigenvalue weighted by atomic mass is 16.2. The summed E-state index contributed by atoms with van der Waals surface area (Å²) in [5, 5.41) is 2.56. The van der Waals surface area contributed by atoms with Crippen LogP contribution in [0.1, 0.15) is 0 Å². The topological polar surface area (TPSA) is 44.7 Å². The fraction of sp³-hybridized carbons (Fsp3) is 0.143. The van der Waals surface area contributed by atoms with Crippen LogP contribution in [0.3, 0.4) is 0 Å². The maximum Gasteiger partial charge on any atom is 0.331 e. The summed E-state index contributed by atoms with van der Waals surface area (Å²) in [4.78, 5) is 16.6. The second-order valence-electron chi connectivity index (χ2n) is 2.24. The van der Waals surface area contributed by atoms with Crippen LogP contribution >= 0.6 is 0 Å². The van der Waals surface area contributed by atoms with Crippen LogP contribution in [0, 0.1) is 0 Å². The standard InChI is InChI=1S/C7H7N3O/c11-7-9-4-2-6-8-3-1-5-10(6)7/h1-2,4-5H,3H2,(H,9,11). The van der Waals surface area contributed by atoms with Crippen LogP contribution in [0.25, 0.3) is 0 Å². The first-order chi connectivity index (χ1) is 5.38. The highest BCUT2D eigenvalue weighted by molar-refractivity contribution is 6.07. The molecule has 0 saturated carbocycles. The van der Waals surface area contributed by atoms with Crippen LogP contribution in [-0.4, -0.2) is 23.3 Å². The molecule has 1 N–H and O–H groups in total. The van der Waals surface area contributed by atoms with Gasteiger partial charge in [-0.05, 0) is 12.2 Å². The molecular weight excluding hydrogens is 142 g/mol. The Kier molecular flexibility index (Phi) is 1.25. The largest absolute Gasteiger partial charge is 0.331 e. The Bertz CT molecular complexity index is 277. The maximum atomic E-state index is 11.1. The van der Waals surface area contributed by atoms with Gasteiger partial charge in [-0.15, -0.1) is 0 Å². The van der Waals surface area contributed by atoms with Crippen LogP contribution in [0.2, 0.25) is 0 Å². The smallest absolute Gasteiger partial charge is 0.314 e. The lowest BCUT2D eigenvalue weighted by Crippen LogP contribution is -2.42. The van der Waals surface area contributed by atoms with Crippen LogP contribution in [0.15, 0.2) is 29.5 Å². The second kappa shape index (κ2) is 2.23. The molecule has 2 aliphatic rings. The second-order valence-corrected chi connectivity index (χ2v) is 2.24. The van der Waals surface area contributed by atoms with Gasteiger partial charge in [0.25, 0.3) is 0 Å². The molecule has 0 aromatic rings. The van der Waals surface area contributed by atoms with E-state index in [9.17, 15) is 4.79 Å². The van der Waals surface area contributed by atoms with Crippen molar-refractivity contribution in [1.82, 2.24) is 10.2 Å². The van der Waals surface area contributed by atoms with Gasteiger partial charge in [0.1, 0.15) is 5.84 Å². The molecule has 0 aromatic carbocycles. The van der Waals surface area contributed by atoms with Gasteiger partial charge in [0, 0.05) is 12.4 Å². The number of rotatable bonds is 0. The predicted octanol–water partition coefficient (Wildman–Crippen LogP) is 0.451. The minimum absolute atomic E-state index is 0.151. The first-order valence-electron chi connectivity index (χ1n) is 3.35. The minimum Gasteiger partial charge on any atom is -0.314 e. The Hall–Kier alpha value is -1.58. The van der Waals surface area contributed by atoms with Gasteiger partial charge in [-0.3, -0.25) is 9.89 Å². The summed E-state index contributed by atoms with van der Waals surface area (Å²) < 4.78 is 0. The van der Waals surface area contributed by atoms with Crippen molar-refractivity contribution < 1.29 is 4.79 Å². The average Bonchev–Trinajstić information content (AvgIpc) is 2.06. The number of nitrogens with one attached hydrogen (secondary N) is 1. The Morgan fingerprint density at radius 3 is 3.36 bits per heavy atom. The zero-order valence-electron chi connectivity index (χ0n) is 5.82. The Morgan fingerprint density at radius 1 is 1.64 bits per heavy atom. The summed E-state index contributed by atoms with van der Waals surface area (Å²) in [6, 6.07) is -0.151. The molecule has 4 nitrogen and oxygen atoms in total. The zero-order valence-corrected chi connectivity index (χ0v) is 5.82. The summed E-state index contributed by atoms with van der Waals surface area (Å²) in [6.45, 7) is 0.656. The van der Waals surface area contributed by atoms with Crippen molar-refractivity contribution in [3.8, 4) is 0 Å². The van der Waals surface area contributed by atoms with Crippen molar-refractivity contribution in [2.24, 2.45) is 4.99 Å². The Labute approximate surface area is 63.9 Å². The van der Waals surface area contributed by atoms with Crippen molar-refractivity contribution >= 4 is 11.9 Å². The third kappa shape index (κ3) is 0.920. The molecule has 0 aliphatic carbocycles. The molecule has 56 valence electrons. The number of hydrogen-bond acceptors (Lipinski definition) is 2. The van der Waals surface area contributed by atoms with E-state index in [-0.39, 0.29) is 6.03 Å². The van der Waals surface area contributed by atoms with Crippen molar-refractivity contribution in [3.05, 3.63) is 24.6 Å². The van der Waals surface area contributed by atoms with Gasteiger partial charge in [-0.25, -0.2) is 4.79 Å². The van der Waals surface area contributed by atoms with Crippen LogP contribution in [-0.2, 0) is 0 Å². The number of fused-ring (bicyclic) bond motifs is 1. The predicted molar refractivity (Wildman–Crippen MR) is 41.0 cm³/mol. The third-order valence-electron chi connectivity index (χ3n) is 1.52.